The Morgan fingerprint density at radius 3 is 2.41 bits per heavy atom. The van der Waals surface area contributed by atoms with Crippen LogP contribution in [0.2, 0.25) is 0 Å². The van der Waals surface area contributed by atoms with E-state index in [1.807, 2.05) is 19.1 Å². The summed E-state index contributed by atoms with van der Waals surface area (Å²) in [4.78, 5) is 22.2. The Kier molecular flexibility index (Phi) is 7.86. The summed E-state index contributed by atoms with van der Waals surface area (Å²) in [5.74, 6) is -0.619. The Morgan fingerprint density at radius 2 is 1.81 bits per heavy atom. The van der Waals surface area contributed by atoms with E-state index in [1.165, 1.54) is 5.56 Å². The Morgan fingerprint density at radius 1 is 1.19 bits per heavy atom. The molecule has 7 heteroatoms. The van der Waals surface area contributed by atoms with Crippen LogP contribution in [0.4, 0.5) is 0 Å². The highest BCUT2D eigenvalue weighted by Crippen LogP contribution is 2.21. The van der Waals surface area contributed by atoms with Crippen LogP contribution in [0, 0.1) is 11.3 Å². The molecule has 148 valence electrons. The van der Waals surface area contributed by atoms with Gasteiger partial charge in [0.25, 0.3) is 0 Å². The molecule has 1 aliphatic heterocycles. The predicted octanol–water partition coefficient (Wildman–Crippen LogP) is 1.83. The minimum atomic E-state index is -0.490. The first-order valence-electron chi connectivity index (χ1n) is 9.51. The molecule has 27 heavy (non-hydrogen) atoms. The number of ether oxygens (including phenoxy) is 1. The minimum Gasteiger partial charge on any atom is -0.465 e. The van der Waals surface area contributed by atoms with Gasteiger partial charge >= 0.3 is 13.1 Å². The van der Waals surface area contributed by atoms with Gasteiger partial charge in [0.1, 0.15) is 0 Å². The van der Waals surface area contributed by atoms with Crippen LogP contribution < -0.4 is 11.2 Å². The summed E-state index contributed by atoms with van der Waals surface area (Å²) in [5.41, 5.74) is 7.34. The number of carbonyl (C=O) groups is 2. The molecule has 2 N–H and O–H groups in total. The third-order valence-corrected chi connectivity index (χ3v) is 4.53. The van der Waals surface area contributed by atoms with Gasteiger partial charge in [-0.15, -0.1) is 0 Å². The van der Waals surface area contributed by atoms with Gasteiger partial charge in [-0.1, -0.05) is 45.0 Å². The molecule has 1 atom stereocenters. The standard InChI is InChI=1S/C20H30BNO5/c1-15(12-25-19(24)11-10-18(22)23)4-5-16-6-8-17(9-7-16)21-26-13-20(2,3)14-27-21/h6-9,15H,4-5,10-14H2,1-3H3,(H2,22,23). The lowest BCUT2D eigenvalue weighted by molar-refractivity contribution is -0.146. The second-order valence-electron chi connectivity index (χ2n) is 8.15. The van der Waals surface area contributed by atoms with Crippen molar-refractivity contribution in [2.24, 2.45) is 17.1 Å². The minimum absolute atomic E-state index is 0.0332. The van der Waals surface area contributed by atoms with Crippen LogP contribution in [-0.2, 0) is 30.1 Å². The van der Waals surface area contributed by atoms with Crippen LogP contribution >= 0.6 is 0 Å². The topological polar surface area (TPSA) is 87.8 Å². The first-order valence-corrected chi connectivity index (χ1v) is 9.51. The number of esters is 1. The average Bonchev–Trinajstić information content (AvgIpc) is 2.63. The maximum Gasteiger partial charge on any atom is 0.493 e. The quantitative estimate of drug-likeness (QED) is 0.526. The number of hydrogen-bond donors (Lipinski definition) is 1. The van der Waals surface area contributed by atoms with Crippen LogP contribution in [0.1, 0.15) is 45.6 Å². The van der Waals surface area contributed by atoms with Gasteiger partial charge in [0, 0.05) is 25.0 Å². The summed E-state index contributed by atoms with van der Waals surface area (Å²) in [6, 6.07) is 8.28. The zero-order chi connectivity index (χ0) is 19.9. The molecule has 6 nitrogen and oxygen atoms in total. The van der Waals surface area contributed by atoms with Gasteiger partial charge < -0.3 is 19.8 Å². The molecule has 1 heterocycles. The number of nitrogens with two attached hydrogens (primary N) is 1. The zero-order valence-electron chi connectivity index (χ0n) is 16.5. The molecule has 0 saturated carbocycles. The highest BCUT2D eigenvalue weighted by atomic mass is 16.6. The van der Waals surface area contributed by atoms with Crippen molar-refractivity contribution < 1.29 is 23.6 Å². The van der Waals surface area contributed by atoms with Gasteiger partial charge in [-0.3, -0.25) is 9.59 Å². The van der Waals surface area contributed by atoms with Gasteiger partial charge in [-0.2, -0.15) is 0 Å². The Labute approximate surface area is 161 Å². The van der Waals surface area contributed by atoms with Crippen LogP contribution in [0.3, 0.4) is 0 Å². The lowest BCUT2D eigenvalue weighted by Crippen LogP contribution is -2.47. The molecule has 1 saturated heterocycles. The maximum absolute atomic E-state index is 11.5. The van der Waals surface area contributed by atoms with Gasteiger partial charge in [-0.05, 0) is 29.8 Å². The monoisotopic (exact) mass is 375 g/mol. The zero-order valence-corrected chi connectivity index (χ0v) is 16.5. The molecule has 0 spiro atoms. The van der Waals surface area contributed by atoms with Crippen LogP contribution in [0.5, 0.6) is 0 Å². The summed E-state index contributed by atoms with van der Waals surface area (Å²) < 4.78 is 16.8. The molecule has 0 aliphatic carbocycles. The maximum atomic E-state index is 11.5. The Bertz CT molecular complexity index is 622. The van der Waals surface area contributed by atoms with Gasteiger partial charge in [-0.25, -0.2) is 0 Å². The van der Waals surface area contributed by atoms with Crippen molar-refractivity contribution in [2.75, 3.05) is 19.8 Å². The fraction of sp³-hybridized carbons (Fsp3) is 0.600. The third kappa shape index (κ3) is 7.73. The first-order chi connectivity index (χ1) is 12.7. The third-order valence-electron chi connectivity index (χ3n) is 4.53. The number of hydrogen-bond acceptors (Lipinski definition) is 5. The van der Waals surface area contributed by atoms with Crippen LogP contribution in [0.25, 0.3) is 0 Å². The molecular formula is C20H30BNO5. The second-order valence-corrected chi connectivity index (χ2v) is 8.15. The summed E-state index contributed by atoms with van der Waals surface area (Å²) >= 11 is 0. The molecule has 1 amide bonds. The smallest absolute Gasteiger partial charge is 0.465 e. The molecule has 2 rings (SSSR count). The summed E-state index contributed by atoms with van der Waals surface area (Å²) in [5, 5.41) is 0. The van der Waals surface area contributed by atoms with E-state index in [-0.39, 0.29) is 37.3 Å². The number of amides is 1. The molecule has 0 bridgehead atoms. The lowest BCUT2D eigenvalue weighted by Gasteiger charge is -2.33. The SMILES string of the molecule is CC(CCc1ccc(B2OCC(C)(C)CO2)cc1)COC(=O)CCC(N)=O. The van der Waals surface area contributed by atoms with E-state index in [1.54, 1.807) is 0 Å². The Hall–Kier alpha value is -1.86. The van der Waals surface area contributed by atoms with Crippen molar-refractivity contribution in [3.05, 3.63) is 29.8 Å². The molecule has 0 aromatic heterocycles. The van der Waals surface area contributed by atoms with E-state index in [0.717, 1.165) is 18.3 Å². The van der Waals surface area contributed by atoms with E-state index in [2.05, 4.69) is 26.0 Å². The number of rotatable bonds is 9. The fourth-order valence-electron chi connectivity index (χ4n) is 2.76. The molecule has 1 aromatic carbocycles. The van der Waals surface area contributed by atoms with Crippen molar-refractivity contribution in [1.29, 1.82) is 0 Å². The van der Waals surface area contributed by atoms with Gasteiger partial charge in [0.2, 0.25) is 5.91 Å². The normalized spacial score (nSPS) is 17.4. The van der Waals surface area contributed by atoms with E-state index in [4.69, 9.17) is 19.8 Å². The fourth-order valence-corrected chi connectivity index (χ4v) is 2.76. The van der Waals surface area contributed by atoms with E-state index >= 15 is 0 Å². The number of carbonyl (C=O) groups excluding carboxylic acids is 2. The van der Waals surface area contributed by atoms with Gasteiger partial charge in [0.05, 0.1) is 13.0 Å². The lowest BCUT2D eigenvalue weighted by atomic mass is 9.75. The van der Waals surface area contributed by atoms with Gasteiger partial charge in [0.15, 0.2) is 0 Å². The van der Waals surface area contributed by atoms with Crippen LogP contribution in [-0.4, -0.2) is 38.8 Å². The van der Waals surface area contributed by atoms with Crippen molar-refractivity contribution in [3.63, 3.8) is 0 Å². The summed E-state index contributed by atoms with van der Waals surface area (Å²) in [6.45, 7) is 8.03. The summed E-state index contributed by atoms with van der Waals surface area (Å²) in [7, 11) is -0.286. The van der Waals surface area contributed by atoms with Crippen LogP contribution in [0.15, 0.2) is 24.3 Å². The highest BCUT2D eigenvalue weighted by molar-refractivity contribution is 6.61. The molecule has 1 fully saturated rings. The largest absolute Gasteiger partial charge is 0.493 e. The highest BCUT2D eigenvalue weighted by Gasteiger charge is 2.33. The Balaban J connectivity index is 1.70. The van der Waals surface area contributed by atoms with Crippen molar-refractivity contribution >= 4 is 24.5 Å². The number of aryl methyl sites for hydroxylation is 1. The second kappa shape index (κ2) is 9.90. The summed E-state index contributed by atoms with van der Waals surface area (Å²) in [6.07, 6.45) is 1.89. The van der Waals surface area contributed by atoms with E-state index in [9.17, 15) is 9.59 Å². The molecular weight excluding hydrogens is 345 g/mol. The molecule has 0 radical (unpaired) electrons. The number of primary amides is 1. The van der Waals surface area contributed by atoms with Crippen molar-refractivity contribution in [1.82, 2.24) is 0 Å². The predicted molar refractivity (Wildman–Crippen MR) is 104 cm³/mol. The number of benzene rings is 1. The van der Waals surface area contributed by atoms with E-state index in [0.29, 0.717) is 19.8 Å². The average molecular weight is 375 g/mol. The molecule has 1 aromatic rings. The first kappa shape index (κ1) is 21.4. The molecule has 1 unspecified atom stereocenters. The van der Waals surface area contributed by atoms with Crippen molar-refractivity contribution in [2.45, 2.75) is 46.5 Å². The van der Waals surface area contributed by atoms with Crippen molar-refractivity contribution in [3.8, 4) is 0 Å². The molecule has 1 aliphatic rings. The van der Waals surface area contributed by atoms with E-state index < -0.39 is 5.91 Å².